The van der Waals surface area contributed by atoms with Crippen LogP contribution in [0.15, 0.2) is 9.95 Å². The standard InChI is InChI=1S/C18H24N4O3S2/c1-2-3-4-8-22-17(25)15-11-6-5-7-12(11)27-16(15)21-18(22)26-10-14(24)20-9-13(19)23/h2-10H2,1H3,(H2,19,23)(H,20,24). The summed E-state index contributed by atoms with van der Waals surface area (Å²) in [6.07, 6.45) is 6.07. The normalized spacial score (nSPS) is 13.1. The second-order valence-electron chi connectivity index (χ2n) is 6.63. The molecular formula is C18H24N4O3S2. The average molecular weight is 409 g/mol. The number of nitrogens with two attached hydrogens (primary N) is 1. The largest absolute Gasteiger partial charge is 0.368 e. The van der Waals surface area contributed by atoms with Gasteiger partial charge in [0.1, 0.15) is 4.83 Å². The molecule has 3 rings (SSSR count). The lowest BCUT2D eigenvalue weighted by atomic mass is 10.2. The Morgan fingerprint density at radius 3 is 2.89 bits per heavy atom. The number of nitrogens with one attached hydrogen (secondary N) is 1. The van der Waals surface area contributed by atoms with E-state index in [1.807, 2.05) is 0 Å². The van der Waals surface area contributed by atoms with Crippen molar-refractivity contribution in [1.29, 1.82) is 0 Å². The maximum Gasteiger partial charge on any atom is 0.263 e. The number of thiophene rings is 1. The molecule has 0 fully saturated rings. The first-order chi connectivity index (χ1) is 13.0. The zero-order chi connectivity index (χ0) is 19.4. The van der Waals surface area contributed by atoms with Crippen LogP contribution in [0.4, 0.5) is 0 Å². The van der Waals surface area contributed by atoms with Gasteiger partial charge in [0.05, 0.1) is 17.7 Å². The highest BCUT2D eigenvalue weighted by molar-refractivity contribution is 7.99. The average Bonchev–Trinajstić information content (AvgIpc) is 3.21. The highest BCUT2D eigenvalue weighted by atomic mass is 32.2. The van der Waals surface area contributed by atoms with Crippen LogP contribution in [-0.2, 0) is 29.0 Å². The second-order valence-corrected chi connectivity index (χ2v) is 8.65. The van der Waals surface area contributed by atoms with Gasteiger partial charge in [0.2, 0.25) is 11.8 Å². The first-order valence-corrected chi connectivity index (χ1v) is 11.0. The van der Waals surface area contributed by atoms with E-state index in [1.54, 1.807) is 15.9 Å². The van der Waals surface area contributed by atoms with Crippen LogP contribution < -0.4 is 16.6 Å². The Morgan fingerprint density at radius 1 is 1.33 bits per heavy atom. The minimum atomic E-state index is -0.586. The number of amides is 2. The van der Waals surface area contributed by atoms with Crippen LogP contribution in [0.5, 0.6) is 0 Å². The summed E-state index contributed by atoms with van der Waals surface area (Å²) >= 11 is 2.83. The number of rotatable bonds is 9. The number of fused-ring (bicyclic) bond motifs is 3. The number of nitrogens with zero attached hydrogens (tertiary/aromatic N) is 2. The topological polar surface area (TPSA) is 107 Å². The fourth-order valence-corrected chi connectivity index (χ4v) is 5.41. The Hall–Kier alpha value is -1.87. The molecule has 2 amide bonds. The summed E-state index contributed by atoms with van der Waals surface area (Å²) in [5.74, 6) is -0.802. The fourth-order valence-electron chi connectivity index (χ4n) is 3.25. The van der Waals surface area contributed by atoms with Gasteiger partial charge in [-0.25, -0.2) is 4.98 Å². The van der Waals surface area contributed by atoms with Gasteiger partial charge in [-0.1, -0.05) is 31.5 Å². The van der Waals surface area contributed by atoms with Gasteiger partial charge < -0.3 is 11.1 Å². The number of primary amides is 1. The van der Waals surface area contributed by atoms with E-state index in [0.717, 1.165) is 48.7 Å². The van der Waals surface area contributed by atoms with Crippen LogP contribution in [0, 0.1) is 0 Å². The lowest BCUT2D eigenvalue weighted by Gasteiger charge is -2.12. The van der Waals surface area contributed by atoms with E-state index in [9.17, 15) is 14.4 Å². The summed E-state index contributed by atoms with van der Waals surface area (Å²) < 4.78 is 1.72. The van der Waals surface area contributed by atoms with Crippen LogP contribution in [0.2, 0.25) is 0 Å². The molecule has 0 saturated heterocycles. The van der Waals surface area contributed by atoms with Crippen molar-refractivity contribution in [3.63, 3.8) is 0 Å². The van der Waals surface area contributed by atoms with Gasteiger partial charge in [-0.15, -0.1) is 11.3 Å². The molecule has 0 saturated carbocycles. The van der Waals surface area contributed by atoms with Gasteiger partial charge in [0, 0.05) is 11.4 Å². The number of unbranched alkanes of at least 4 members (excludes halogenated alkanes) is 2. The molecule has 2 aromatic heterocycles. The van der Waals surface area contributed by atoms with E-state index in [0.29, 0.717) is 11.7 Å². The quantitative estimate of drug-likeness (QED) is 0.374. The zero-order valence-corrected chi connectivity index (χ0v) is 17.0. The lowest BCUT2D eigenvalue weighted by Crippen LogP contribution is -2.34. The van der Waals surface area contributed by atoms with E-state index in [2.05, 4.69) is 12.2 Å². The predicted molar refractivity (Wildman–Crippen MR) is 108 cm³/mol. The molecule has 0 spiro atoms. The number of carbonyl (C=O) groups is 2. The van der Waals surface area contributed by atoms with Crippen molar-refractivity contribution < 1.29 is 9.59 Å². The van der Waals surface area contributed by atoms with Crippen molar-refractivity contribution in [3.8, 4) is 0 Å². The number of aromatic nitrogens is 2. The molecule has 0 bridgehead atoms. The molecule has 1 aliphatic rings. The Kier molecular flexibility index (Phi) is 6.54. The van der Waals surface area contributed by atoms with Crippen molar-refractivity contribution in [2.45, 2.75) is 57.1 Å². The van der Waals surface area contributed by atoms with Crippen LogP contribution in [0.3, 0.4) is 0 Å². The molecule has 7 nitrogen and oxygen atoms in total. The summed E-state index contributed by atoms with van der Waals surface area (Å²) in [5.41, 5.74) is 6.22. The third kappa shape index (κ3) is 4.52. The fraction of sp³-hybridized carbons (Fsp3) is 0.556. The number of carbonyl (C=O) groups excluding carboxylic acids is 2. The van der Waals surface area contributed by atoms with Gasteiger partial charge in [-0.05, 0) is 31.2 Å². The monoisotopic (exact) mass is 408 g/mol. The minimum absolute atomic E-state index is 0.00977. The predicted octanol–water partition coefficient (Wildman–Crippen LogP) is 1.83. The highest BCUT2D eigenvalue weighted by Crippen LogP contribution is 2.35. The minimum Gasteiger partial charge on any atom is -0.368 e. The number of aryl methyl sites for hydroxylation is 2. The van der Waals surface area contributed by atoms with Crippen molar-refractivity contribution >= 4 is 45.1 Å². The molecule has 2 heterocycles. The van der Waals surface area contributed by atoms with E-state index in [1.165, 1.54) is 22.2 Å². The maximum atomic E-state index is 13.2. The van der Waals surface area contributed by atoms with Gasteiger partial charge in [0.15, 0.2) is 5.16 Å². The molecule has 0 aliphatic heterocycles. The van der Waals surface area contributed by atoms with Gasteiger partial charge >= 0.3 is 0 Å². The van der Waals surface area contributed by atoms with E-state index >= 15 is 0 Å². The molecule has 0 atom stereocenters. The number of thioether (sulfide) groups is 1. The molecule has 27 heavy (non-hydrogen) atoms. The summed E-state index contributed by atoms with van der Waals surface area (Å²) in [6, 6.07) is 0. The summed E-state index contributed by atoms with van der Waals surface area (Å²) in [4.78, 5) is 42.6. The molecule has 2 aromatic rings. The summed E-state index contributed by atoms with van der Waals surface area (Å²) in [6.45, 7) is 2.53. The maximum absolute atomic E-state index is 13.2. The third-order valence-corrected chi connectivity index (χ3v) is 6.73. The second kappa shape index (κ2) is 8.88. The first kappa shape index (κ1) is 19.9. The SMILES string of the molecule is CCCCCn1c(SCC(=O)NCC(N)=O)nc2sc3c(c2c1=O)CCC3. The molecule has 0 unspecified atom stereocenters. The van der Waals surface area contributed by atoms with Crippen molar-refractivity contribution in [1.82, 2.24) is 14.9 Å². The molecule has 3 N–H and O–H groups in total. The smallest absolute Gasteiger partial charge is 0.263 e. The van der Waals surface area contributed by atoms with Crippen molar-refractivity contribution in [2.75, 3.05) is 12.3 Å². The Morgan fingerprint density at radius 2 is 2.15 bits per heavy atom. The van der Waals surface area contributed by atoms with Gasteiger partial charge in [0.25, 0.3) is 5.56 Å². The lowest BCUT2D eigenvalue weighted by molar-refractivity contribution is -0.123. The van der Waals surface area contributed by atoms with Crippen molar-refractivity contribution in [3.05, 3.63) is 20.8 Å². The van der Waals surface area contributed by atoms with Crippen LogP contribution >= 0.6 is 23.1 Å². The Balaban J connectivity index is 1.87. The molecule has 146 valence electrons. The third-order valence-electron chi connectivity index (χ3n) is 4.57. The van der Waals surface area contributed by atoms with Gasteiger partial charge in [-0.3, -0.25) is 19.0 Å². The molecule has 9 heteroatoms. The summed E-state index contributed by atoms with van der Waals surface area (Å²) in [7, 11) is 0. The molecule has 0 aromatic carbocycles. The first-order valence-electron chi connectivity index (χ1n) is 9.24. The molecule has 1 aliphatic carbocycles. The Bertz CT molecular complexity index is 919. The molecular weight excluding hydrogens is 384 g/mol. The van der Waals surface area contributed by atoms with E-state index in [-0.39, 0.29) is 23.8 Å². The molecule has 0 radical (unpaired) electrons. The highest BCUT2D eigenvalue weighted by Gasteiger charge is 2.23. The van der Waals surface area contributed by atoms with Crippen LogP contribution in [-0.4, -0.2) is 33.7 Å². The van der Waals surface area contributed by atoms with Crippen molar-refractivity contribution in [2.24, 2.45) is 5.73 Å². The number of hydrogen-bond donors (Lipinski definition) is 2. The van der Waals surface area contributed by atoms with Crippen LogP contribution in [0.25, 0.3) is 10.2 Å². The number of hydrogen-bond acceptors (Lipinski definition) is 6. The van der Waals surface area contributed by atoms with E-state index < -0.39 is 5.91 Å². The summed E-state index contributed by atoms with van der Waals surface area (Å²) in [5, 5.41) is 3.80. The van der Waals surface area contributed by atoms with Crippen LogP contribution in [0.1, 0.15) is 43.0 Å². The Labute approximate surface area is 165 Å². The zero-order valence-electron chi connectivity index (χ0n) is 15.4. The van der Waals surface area contributed by atoms with Gasteiger partial charge in [-0.2, -0.15) is 0 Å². The van der Waals surface area contributed by atoms with E-state index in [4.69, 9.17) is 10.7 Å².